The Morgan fingerprint density at radius 1 is 1.57 bits per heavy atom. The zero-order chi connectivity index (χ0) is 10.4. The minimum Gasteiger partial charge on any atom is -0.307 e. The zero-order valence-corrected chi connectivity index (χ0v) is 10.4. The molecule has 1 rings (SSSR count). The summed E-state index contributed by atoms with van der Waals surface area (Å²) in [5.41, 5.74) is 1.01. The van der Waals surface area contributed by atoms with Gasteiger partial charge in [-0.2, -0.15) is 0 Å². The van der Waals surface area contributed by atoms with E-state index in [1.54, 1.807) is 11.3 Å². The van der Waals surface area contributed by atoms with E-state index in [-0.39, 0.29) is 0 Å². The number of aromatic nitrogens is 1. The van der Waals surface area contributed by atoms with Crippen molar-refractivity contribution in [2.24, 2.45) is 0 Å². The van der Waals surface area contributed by atoms with E-state index in [0.717, 1.165) is 25.2 Å². The number of thiazole rings is 1. The highest BCUT2D eigenvalue weighted by Gasteiger charge is 2.01. The van der Waals surface area contributed by atoms with Crippen LogP contribution in [0.2, 0.25) is 0 Å². The van der Waals surface area contributed by atoms with E-state index in [1.807, 2.05) is 5.38 Å². The van der Waals surface area contributed by atoms with Crippen LogP contribution >= 0.6 is 22.9 Å². The molecule has 1 aromatic heterocycles. The quantitative estimate of drug-likeness (QED) is 0.702. The van der Waals surface area contributed by atoms with Crippen LogP contribution in [0.1, 0.15) is 24.0 Å². The molecule has 0 spiro atoms. The van der Waals surface area contributed by atoms with E-state index in [4.69, 9.17) is 11.6 Å². The summed E-state index contributed by atoms with van der Waals surface area (Å²) < 4.78 is 0. The second kappa shape index (κ2) is 6.38. The van der Waals surface area contributed by atoms with Gasteiger partial charge in [0.05, 0.1) is 16.6 Å². The van der Waals surface area contributed by atoms with Gasteiger partial charge in [0.1, 0.15) is 0 Å². The number of nitrogens with zero attached hydrogens (tertiary/aromatic N) is 2. The zero-order valence-electron chi connectivity index (χ0n) is 8.79. The molecule has 0 atom stereocenters. The molecule has 1 heterocycles. The summed E-state index contributed by atoms with van der Waals surface area (Å²) in [4.78, 5) is 6.74. The molecule has 2 nitrogen and oxygen atoms in total. The van der Waals surface area contributed by atoms with Gasteiger partial charge in [0.2, 0.25) is 0 Å². The fourth-order valence-electron chi connectivity index (χ4n) is 1.18. The maximum atomic E-state index is 5.68. The maximum absolute atomic E-state index is 5.68. The number of hydrogen-bond donors (Lipinski definition) is 0. The molecular weight excluding hydrogens is 216 g/mol. The monoisotopic (exact) mass is 232 g/mol. The number of aryl methyl sites for hydroxylation is 1. The van der Waals surface area contributed by atoms with Crippen molar-refractivity contribution in [3.63, 3.8) is 0 Å². The predicted molar refractivity (Wildman–Crippen MR) is 63.2 cm³/mol. The van der Waals surface area contributed by atoms with Crippen LogP contribution in [0, 0.1) is 0 Å². The first-order chi connectivity index (χ1) is 6.76. The molecule has 14 heavy (non-hydrogen) atoms. The van der Waals surface area contributed by atoms with Gasteiger partial charge in [-0.25, -0.2) is 4.98 Å². The second-order valence-corrected chi connectivity index (χ2v) is 4.58. The van der Waals surface area contributed by atoms with E-state index in [0.29, 0.717) is 5.88 Å². The van der Waals surface area contributed by atoms with Crippen molar-refractivity contribution in [1.29, 1.82) is 0 Å². The van der Waals surface area contributed by atoms with E-state index >= 15 is 0 Å². The molecule has 0 aromatic carbocycles. The summed E-state index contributed by atoms with van der Waals surface area (Å²) in [5.74, 6) is 0.533. The molecule has 4 heteroatoms. The van der Waals surface area contributed by atoms with Gasteiger partial charge in [-0.05, 0) is 26.6 Å². The standard InChI is InChI=1S/C10H17ClN2S/c1-3-13(2)6-4-5-10-12-9(7-11)8-14-10/h8H,3-7H2,1-2H3. The first kappa shape index (κ1) is 12.0. The third kappa shape index (κ3) is 3.95. The van der Waals surface area contributed by atoms with E-state index < -0.39 is 0 Å². The van der Waals surface area contributed by atoms with Crippen molar-refractivity contribution in [1.82, 2.24) is 9.88 Å². The minimum absolute atomic E-state index is 0.533. The molecule has 0 bridgehead atoms. The van der Waals surface area contributed by atoms with Crippen molar-refractivity contribution >= 4 is 22.9 Å². The van der Waals surface area contributed by atoms with Crippen LogP contribution in [0.5, 0.6) is 0 Å². The van der Waals surface area contributed by atoms with Gasteiger partial charge in [-0.1, -0.05) is 6.92 Å². The molecule has 0 radical (unpaired) electrons. The molecular formula is C10H17ClN2S. The lowest BCUT2D eigenvalue weighted by Gasteiger charge is -2.12. The van der Waals surface area contributed by atoms with Gasteiger partial charge < -0.3 is 4.90 Å². The van der Waals surface area contributed by atoms with Gasteiger partial charge in [0.25, 0.3) is 0 Å². The van der Waals surface area contributed by atoms with Crippen molar-refractivity contribution in [3.8, 4) is 0 Å². The number of rotatable bonds is 6. The Labute approximate surface area is 94.9 Å². The van der Waals surface area contributed by atoms with Gasteiger partial charge in [-0.15, -0.1) is 22.9 Å². The van der Waals surface area contributed by atoms with Crippen molar-refractivity contribution in [3.05, 3.63) is 16.1 Å². The highest BCUT2D eigenvalue weighted by molar-refractivity contribution is 7.09. The lowest BCUT2D eigenvalue weighted by atomic mass is 10.3. The number of alkyl halides is 1. The second-order valence-electron chi connectivity index (χ2n) is 3.37. The van der Waals surface area contributed by atoms with Crippen LogP contribution in [0.25, 0.3) is 0 Å². The van der Waals surface area contributed by atoms with E-state index in [9.17, 15) is 0 Å². The fraction of sp³-hybridized carbons (Fsp3) is 0.700. The molecule has 0 unspecified atom stereocenters. The molecule has 0 fully saturated rings. The first-order valence-electron chi connectivity index (χ1n) is 4.94. The van der Waals surface area contributed by atoms with Gasteiger partial charge in [0.15, 0.2) is 0 Å². The molecule has 1 aromatic rings. The molecule has 0 aliphatic rings. The maximum Gasteiger partial charge on any atom is 0.0929 e. The van der Waals surface area contributed by atoms with E-state index in [1.165, 1.54) is 11.4 Å². The largest absolute Gasteiger partial charge is 0.307 e. The molecule has 0 saturated heterocycles. The van der Waals surface area contributed by atoms with Gasteiger partial charge in [0, 0.05) is 11.8 Å². The Morgan fingerprint density at radius 3 is 2.93 bits per heavy atom. The molecule has 0 N–H and O–H groups in total. The topological polar surface area (TPSA) is 16.1 Å². The predicted octanol–water partition coefficient (Wildman–Crippen LogP) is 2.77. The molecule has 0 amide bonds. The van der Waals surface area contributed by atoms with Crippen LogP contribution in [-0.4, -0.2) is 30.0 Å². The lowest BCUT2D eigenvalue weighted by molar-refractivity contribution is 0.347. The smallest absolute Gasteiger partial charge is 0.0929 e. The summed E-state index contributed by atoms with van der Waals surface area (Å²) in [6.07, 6.45) is 2.26. The van der Waals surface area contributed by atoms with Crippen LogP contribution < -0.4 is 0 Å². The molecule has 0 aliphatic heterocycles. The summed E-state index contributed by atoms with van der Waals surface area (Å²) in [5, 5.41) is 3.26. The third-order valence-electron chi connectivity index (χ3n) is 2.21. The molecule has 80 valence electrons. The average molecular weight is 233 g/mol. The van der Waals surface area contributed by atoms with Crippen molar-refractivity contribution < 1.29 is 0 Å². The highest BCUT2D eigenvalue weighted by Crippen LogP contribution is 2.13. The molecule has 0 aliphatic carbocycles. The van der Waals surface area contributed by atoms with Crippen molar-refractivity contribution in [2.45, 2.75) is 25.6 Å². The summed E-state index contributed by atoms with van der Waals surface area (Å²) >= 11 is 7.40. The minimum atomic E-state index is 0.533. The summed E-state index contributed by atoms with van der Waals surface area (Å²) in [6.45, 7) is 4.44. The van der Waals surface area contributed by atoms with E-state index in [2.05, 4.69) is 23.9 Å². The van der Waals surface area contributed by atoms with Crippen LogP contribution in [0.3, 0.4) is 0 Å². The Balaban J connectivity index is 2.24. The summed E-state index contributed by atoms with van der Waals surface area (Å²) in [6, 6.07) is 0. The summed E-state index contributed by atoms with van der Waals surface area (Å²) in [7, 11) is 2.14. The van der Waals surface area contributed by atoms with Gasteiger partial charge in [-0.3, -0.25) is 0 Å². The lowest BCUT2D eigenvalue weighted by Crippen LogP contribution is -2.19. The SMILES string of the molecule is CCN(C)CCCc1nc(CCl)cs1. The van der Waals surface area contributed by atoms with Crippen LogP contribution in [0.4, 0.5) is 0 Å². The van der Waals surface area contributed by atoms with Gasteiger partial charge >= 0.3 is 0 Å². The first-order valence-corrected chi connectivity index (χ1v) is 6.35. The Hall–Kier alpha value is -0.120. The Morgan fingerprint density at radius 2 is 2.36 bits per heavy atom. The Kier molecular flexibility index (Phi) is 5.45. The highest BCUT2D eigenvalue weighted by atomic mass is 35.5. The van der Waals surface area contributed by atoms with Crippen molar-refractivity contribution in [2.75, 3.05) is 20.1 Å². The fourth-order valence-corrected chi connectivity index (χ4v) is 2.25. The number of hydrogen-bond acceptors (Lipinski definition) is 3. The Bertz CT molecular complexity index is 262. The average Bonchev–Trinajstić information content (AvgIpc) is 2.65. The normalized spacial score (nSPS) is 11.1. The number of halogens is 1. The van der Waals surface area contributed by atoms with Crippen LogP contribution in [-0.2, 0) is 12.3 Å². The third-order valence-corrected chi connectivity index (χ3v) is 3.44. The molecule has 0 saturated carbocycles. The van der Waals surface area contributed by atoms with Crippen LogP contribution in [0.15, 0.2) is 5.38 Å².